The topological polar surface area (TPSA) is 85.5 Å². The number of anilines is 1. The van der Waals surface area contributed by atoms with Gasteiger partial charge >= 0.3 is 0 Å². The Morgan fingerprint density at radius 2 is 1.57 bits per heavy atom. The van der Waals surface area contributed by atoms with Crippen LogP contribution in [0.1, 0.15) is 29.2 Å². The van der Waals surface area contributed by atoms with Crippen molar-refractivity contribution in [2.75, 3.05) is 12.0 Å². The summed E-state index contributed by atoms with van der Waals surface area (Å²) < 4.78 is 7.64. The molecule has 8 nitrogen and oxygen atoms in total. The van der Waals surface area contributed by atoms with Crippen LogP contribution in [0.3, 0.4) is 0 Å². The van der Waals surface area contributed by atoms with Crippen LogP contribution >= 0.6 is 24.0 Å². The van der Waals surface area contributed by atoms with Crippen molar-refractivity contribution in [1.82, 2.24) is 14.9 Å². The van der Waals surface area contributed by atoms with E-state index in [1.807, 2.05) is 42.5 Å². The molecule has 1 fully saturated rings. The van der Waals surface area contributed by atoms with Crippen LogP contribution in [-0.4, -0.2) is 26.7 Å². The summed E-state index contributed by atoms with van der Waals surface area (Å²) in [6, 6.07) is 32.7. The molecule has 42 heavy (non-hydrogen) atoms. The molecule has 3 aromatic carbocycles. The standard InChI is InChI=1S/C32H27N5O3S2/c1-21-6-19-29(35(21)22-7-13-25(40-2)14-8-22)31-30(28-5-3-4-20-33-28)34-32(41)36(31)23-9-15-26(16-10-23)42-27-17-11-24(12-18-27)37(38)39/h3-20,30-31H,1-2H3,(H,34,41)/t30-,31+/m0/s1. The van der Waals surface area contributed by atoms with Crippen LogP contribution in [0.5, 0.6) is 5.75 Å². The molecule has 0 radical (unpaired) electrons. The lowest BCUT2D eigenvalue weighted by atomic mass is 10.0. The lowest BCUT2D eigenvalue weighted by Crippen LogP contribution is -2.30. The molecule has 0 amide bonds. The van der Waals surface area contributed by atoms with Gasteiger partial charge in [-0.2, -0.15) is 0 Å². The summed E-state index contributed by atoms with van der Waals surface area (Å²) in [7, 11) is 1.66. The number of hydrogen-bond donors (Lipinski definition) is 1. The average Bonchev–Trinajstić information content (AvgIpc) is 3.57. The number of non-ortho nitro benzene ring substituents is 1. The molecular weight excluding hydrogens is 567 g/mol. The molecule has 2 atom stereocenters. The van der Waals surface area contributed by atoms with E-state index in [1.54, 1.807) is 37.2 Å². The van der Waals surface area contributed by atoms with Crippen LogP contribution in [0.2, 0.25) is 0 Å². The van der Waals surface area contributed by atoms with Crippen LogP contribution in [0.4, 0.5) is 11.4 Å². The van der Waals surface area contributed by atoms with Gasteiger partial charge in [0.15, 0.2) is 5.11 Å². The maximum Gasteiger partial charge on any atom is 0.269 e. The molecule has 1 saturated heterocycles. The van der Waals surface area contributed by atoms with Crippen molar-refractivity contribution in [3.05, 3.63) is 137 Å². The first-order valence-corrected chi connectivity index (χ1v) is 14.5. The SMILES string of the molecule is COc1ccc(-n2c(C)ccc2[C@@H]2[C@H](c3ccccn3)NC(=S)N2c2ccc(Sc3ccc([N+](=O)[O-])cc3)cc2)cc1. The lowest BCUT2D eigenvalue weighted by Gasteiger charge is -2.29. The van der Waals surface area contributed by atoms with Gasteiger partial charge in [0.25, 0.3) is 5.69 Å². The zero-order valence-corrected chi connectivity index (χ0v) is 24.5. The van der Waals surface area contributed by atoms with Gasteiger partial charge in [-0.25, -0.2) is 0 Å². The number of aromatic nitrogens is 2. The first kappa shape index (κ1) is 27.5. The normalized spacial score (nSPS) is 16.3. The lowest BCUT2D eigenvalue weighted by molar-refractivity contribution is -0.384. The molecule has 0 unspecified atom stereocenters. The Labute approximate surface area is 253 Å². The number of aryl methyl sites for hydroxylation is 1. The number of rotatable bonds is 8. The van der Waals surface area contributed by atoms with Crippen molar-refractivity contribution in [2.24, 2.45) is 0 Å². The summed E-state index contributed by atoms with van der Waals surface area (Å²) in [6.45, 7) is 2.10. The smallest absolute Gasteiger partial charge is 0.269 e. The number of hydrogen-bond acceptors (Lipinski definition) is 6. The highest BCUT2D eigenvalue weighted by Crippen LogP contribution is 2.43. The molecule has 0 aliphatic carbocycles. The summed E-state index contributed by atoms with van der Waals surface area (Å²) in [6.07, 6.45) is 1.80. The van der Waals surface area contributed by atoms with Crippen molar-refractivity contribution in [3.8, 4) is 11.4 Å². The van der Waals surface area contributed by atoms with Crippen LogP contribution in [0, 0.1) is 17.0 Å². The van der Waals surface area contributed by atoms with E-state index in [-0.39, 0.29) is 17.8 Å². The van der Waals surface area contributed by atoms with Crippen molar-refractivity contribution in [2.45, 2.75) is 28.8 Å². The van der Waals surface area contributed by atoms with E-state index in [4.69, 9.17) is 17.0 Å². The predicted octanol–water partition coefficient (Wildman–Crippen LogP) is 7.43. The second-order valence-electron chi connectivity index (χ2n) is 9.78. The maximum atomic E-state index is 11.0. The molecule has 0 spiro atoms. The van der Waals surface area contributed by atoms with Crippen LogP contribution in [0.15, 0.2) is 119 Å². The molecule has 1 aliphatic rings. The van der Waals surface area contributed by atoms with Gasteiger partial charge in [0.05, 0.1) is 23.8 Å². The Kier molecular flexibility index (Phi) is 7.64. The number of nitrogens with zero attached hydrogens (tertiary/aromatic N) is 4. The number of nitrogens with one attached hydrogen (secondary N) is 1. The van der Waals surface area contributed by atoms with E-state index in [0.717, 1.165) is 44.0 Å². The predicted molar refractivity (Wildman–Crippen MR) is 169 cm³/mol. The van der Waals surface area contributed by atoms with Crippen molar-refractivity contribution in [1.29, 1.82) is 0 Å². The summed E-state index contributed by atoms with van der Waals surface area (Å²) in [5.74, 6) is 0.800. The highest BCUT2D eigenvalue weighted by atomic mass is 32.2. The Morgan fingerprint density at radius 3 is 2.19 bits per heavy atom. The minimum atomic E-state index is -0.391. The largest absolute Gasteiger partial charge is 0.497 e. The minimum absolute atomic E-state index is 0.0767. The van der Waals surface area contributed by atoms with E-state index in [9.17, 15) is 10.1 Å². The van der Waals surface area contributed by atoms with E-state index in [0.29, 0.717) is 5.11 Å². The van der Waals surface area contributed by atoms with Crippen molar-refractivity contribution in [3.63, 3.8) is 0 Å². The van der Waals surface area contributed by atoms with Gasteiger partial charge < -0.3 is 19.5 Å². The van der Waals surface area contributed by atoms with Crippen molar-refractivity contribution >= 4 is 40.5 Å². The fraction of sp³-hybridized carbons (Fsp3) is 0.125. The van der Waals surface area contributed by atoms with Crippen LogP contribution < -0.4 is 15.0 Å². The molecule has 10 heteroatoms. The average molecular weight is 594 g/mol. The second kappa shape index (κ2) is 11.7. The Hall–Kier alpha value is -4.67. The van der Waals surface area contributed by atoms with E-state index >= 15 is 0 Å². The summed E-state index contributed by atoms with van der Waals surface area (Å²) in [5, 5.41) is 15.2. The third-order valence-corrected chi connectivity index (χ3v) is 8.57. The Morgan fingerprint density at radius 1 is 0.905 bits per heavy atom. The quantitative estimate of drug-likeness (QED) is 0.113. The number of methoxy groups -OCH3 is 1. The zero-order valence-electron chi connectivity index (χ0n) is 22.9. The molecule has 1 N–H and O–H groups in total. The van der Waals surface area contributed by atoms with Gasteiger partial charge in [0.2, 0.25) is 0 Å². The first-order chi connectivity index (χ1) is 20.4. The number of nitro benzene ring substituents is 1. The zero-order chi connectivity index (χ0) is 29.2. The molecule has 6 rings (SSSR count). The summed E-state index contributed by atoms with van der Waals surface area (Å²) in [4.78, 5) is 19.4. The highest BCUT2D eigenvalue weighted by Gasteiger charge is 2.42. The molecule has 0 bridgehead atoms. The fourth-order valence-corrected chi connectivity index (χ4v) is 6.42. The van der Waals surface area contributed by atoms with Crippen molar-refractivity contribution < 1.29 is 9.66 Å². The van der Waals surface area contributed by atoms with E-state index < -0.39 is 4.92 Å². The number of nitro groups is 1. The van der Waals surface area contributed by atoms with Crippen LogP contribution in [0.25, 0.3) is 5.69 Å². The van der Waals surface area contributed by atoms with Gasteiger partial charge in [-0.15, -0.1) is 0 Å². The van der Waals surface area contributed by atoms with Gasteiger partial charge in [0.1, 0.15) is 11.8 Å². The highest BCUT2D eigenvalue weighted by molar-refractivity contribution is 7.99. The van der Waals surface area contributed by atoms with Gasteiger partial charge in [0, 0.05) is 50.9 Å². The van der Waals surface area contributed by atoms with Crippen LogP contribution in [-0.2, 0) is 0 Å². The minimum Gasteiger partial charge on any atom is -0.497 e. The third kappa shape index (κ3) is 5.34. The second-order valence-corrected chi connectivity index (χ2v) is 11.3. The van der Waals surface area contributed by atoms with Gasteiger partial charge in [-0.3, -0.25) is 15.1 Å². The molecule has 3 heterocycles. The monoisotopic (exact) mass is 593 g/mol. The number of benzene rings is 3. The molecule has 210 valence electrons. The van der Waals surface area contributed by atoms with Gasteiger partial charge in [-0.05, 0) is 104 Å². The molecule has 1 aliphatic heterocycles. The molecule has 5 aromatic rings. The summed E-state index contributed by atoms with van der Waals surface area (Å²) >= 11 is 7.49. The fourth-order valence-electron chi connectivity index (χ4n) is 5.25. The van der Waals surface area contributed by atoms with Gasteiger partial charge in [-0.1, -0.05) is 17.8 Å². The molecular formula is C32H27N5O3S2. The van der Waals surface area contributed by atoms with E-state index in [2.05, 4.69) is 63.1 Å². The number of thiocarbonyl (C=S) groups is 1. The maximum absolute atomic E-state index is 11.0. The number of ether oxygens (including phenoxy) is 1. The first-order valence-electron chi connectivity index (χ1n) is 13.3. The summed E-state index contributed by atoms with van der Waals surface area (Å²) in [5.41, 5.74) is 5.13. The third-order valence-electron chi connectivity index (χ3n) is 7.24. The molecule has 0 saturated carbocycles. The molecule has 2 aromatic heterocycles. The Balaban J connectivity index is 1.37. The Bertz CT molecular complexity index is 1720. The number of pyridine rings is 1. The van der Waals surface area contributed by atoms with E-state index in [1.165, 1.54) is 12.1 Å².